The number of nitrogens with zero attached hydrogens (tertiary/aromatic N) is 2. The summed E-state index contributed by atoms with van der Waals surface area (Å²) in [4.78, 5) is 23.6. The predicted octanol–water partition coefficient (Wildman–Crippen LogP) is 3.12. The van der Waals surface area contributed by atoms with E-state index in [9.17, 15) is 4.79 Å². The van der Waals surface area contributed by atoms with Gasteiger partial charge < -0.3 is 14.6 Å². The van der Waals surface area contributed by atoms with Gasteiger partial charge in [-0.05, 0) is 18.9 Å². The monoisotopic (exact) mass is 319 g/mol. The lowest BCUT2D eigenvalue weighted by atomic mass is 10.1. The number of morpholine rings is 1. The Morgan fingerprint density at radius 1 is 1.55 bits per heavy atom. The standard InChI is InChI=1S/C16H21N3O2S/c1-10(2)14-6-12(9-22-14)16(20)19-4-5-21-8-13(19)15-17-7-11(3)18-15/h6-7,9-10,13H,4-5,8H2,1-3H3,(H,17,18)/t13-/m0/s1. The first-order chi connectivity index (χ1) is 10.6. The van der Waals surface area contributed by atoms with Crippen molar-refractivity contribution in [1.82, 2.24) is 14.9 Å². The summed E-state index contributed by atoms with van der Waals surface area (Å²) in [6.45, 7) is 7.89. The number of aromatic amines is 1. The fraction of sp³-hybridized carbons (Fsp3) is 0.500. The van der Waals surface area contributed by atoms with Crippen molar-refractivity contribution in [3.05, 3.63) is 39.6 Å². The van der Waals surface area contributed by atoms with Gasteiger partial charge in [0.05, 0.1) is 18.8 Å². The fourth-order valence-electron chi connectivity index (χ4n) is 2.61. The average molecular weight is 319 g/mol. The van der Waals surface area contributed by atoms with Crippen LogP contribution in [0.5, 0.6) is 0 Å². The molecule has 0 aliphatic carbocycles. The second-order valence-electron chi connectivity index (χ2n) is 5.93. The summed E-state index contributed by atoms with van der Waals surface area (Å²) in [5.74, 6) is 1.30. The van der Waals surface area contributed by atoms with Gasteiger partial charge in [-0.1, -0.05) is 13.8 Å². The SMILES string of the molecule is Cc1cnc([C@@H]2COCCN2C(=O)c2csc(C(C)C)c2)[nH]1. The molecule has 0 spiro atoms. The Bertz CT molecular complexity index is 662. The van der Waals surface area contributed by atoms with Crippen LogP contribution >= 0.6 is 11.3 Å². The molecule has 0 radical (unpaired) electrons. The highest BCUT2D eigenvalue weighted by molar-refractivity contribution is 7.10. The van der Waals surface area contributed by atoms with Crippen LogP contribution in [0, 0.1) is 6.92 Å². The first-order valence-corrected chi connectivity index (χ1v) is 8.43. The minimum absolute atomic E-state index is 0.0607. The molecular formula is C16H21N3O2S. The van der Waals surface area contributed by atoms with E-state index in [4.69, 9.17) is 4.74 Å². The highest BCUT2D eigenvalue weighted by Crippen LogP contribution is 2.28. The zero-order chi connectivity index (χ0) is 15.7. The second kappa shape index (κ2) is 6.22. The lowest BCUT2D eigenvalue weighted by Gasteiger charge is -2.34. The molecule has 0 aromatic carbocycles. The van der Waals surface area contributed by atoms with Gasteiger partial charge >= 0.3 is 0 Å². The number of rotatable bonds is 3. The van der Waals surface area contributed by atoms with Gasteiger partial charge in [0, 0.05) is 28.7 Å². The number of aryl methyl sites for hydroxylation is 1. The molecule has 1 aliphatic heterocycles. The molecular weight excluding hydrogens is 298 g/mol. The van der Waals surface area contributed by atoms with Gasteiger partial charge in [0.15, 0.2) is 0 Å². The van der Waals surface area contributed by atoms with E-state index in [0.717, 1.165) is 17.1 Å². The molecule has 1 N–H and O–H groups in total. The van der Waals surface area contributed by atoms with Crippen molar-refractivity contribution >= 4 is 17.2 Å². The van der Waals surface area contributed by atoms with Crippen LogP contribution < -0.4 is 0 Å². The predicted molar refractivity (Wildman–Crippen MR) is 86.3 cm³/mol. The van der Waals surface area contributed by atoms with Crippen LogP contribution in [0.1, 0.15) is 52.6 Å². The summed E-state index contributed by atoms with van der Waals surface area (Å²) >= 11 is 1.65. The van der Waals surface area contributed by atoms with E-state index in [1.807, 2.05) is 23.3 Å². The molecule has 1 aliphatic rings. The van der Waals surface area contributed by atoms with Crippen LogP contribution in [0.4, 0.5) is 0 Å². The Kier molecular flexibility index (Phi) is 4.31. The molecule has 0 unspecified atom stereocenters. The number of aromatic nitrogens is 2. The number of nitrogens with one attached hydrogen (secondary N) is 1. The number of amides is 1. The fourth-order valence-corrected chi connectivity index (χ4v) is 3.51. The minimum Gasteiger partial charge on any atom is -0.377 e. The van der Waals surface area contributed by atoms with Crippen LogP contribution in [0.2, 0.25) is 0 Å². The molecule has 1 saturated heterocycles. The molecule has 1 amide bonds. The van der Waals surface area contributed by atoms with Crippen molar-refractivity contribution in [3.63, 3.8) is 0 Å². The molecule has 6 heteroatoms. The summed E-state index contributed by atoms with van der Waals surface area (Å²) in [5.41, 5.74) is 1.76. The number of hydrogen-bond donors (Lipinski definition) is 1. The van der Waals surface area contributed by atoms with Crippen molar-refractivity contribution in [2.45, 2.75) is 32.7 Å². The highest BCUT2D eigenvalue weighted by Gasteiger charge is 2.31. The van der Waals surface area contributed by atoms with Gasteiger partial charge in [-0.3, -0.25) is 4.79 Å². The van der Waals surface area contributed by atoms with Gasteiger partial charge in [0.1, 0.15) is 11.9 Å². The molecule has 5 nitrogen and oxygen atoms in total. The van der Waals surface area contributed by atoms with Gasteiger partial charge in [-0.2, -0.15) is 0 Å². The molecule has 3 rings (SSSR count). The molecule has 22 heavy (non-hydrogen) atoms. The van der Waals surface area contributed by atoms with Gasteiger partial charge in [0.2, 0.25) is 0 Å². The summed E-state index contributed by atoms with van der Waals surface area (Å²) in [5, 5.41) is 1.96. The molecule has 0 saturated carbocycles. The lowest BCUT2D eigenvalue weighted by Crippen LogP contribution is -2.43. The van der Waals surface area contributed by atoms with E-state index < -0.39 is 0 Å². The molecule has 0 bridgehead atoms. The first kappa shape index (κ1) is 15.2. The smallest absolute Gasteiger partial charge is 0.255 e. The second-order valence-corrected chi connectivity index (χ2v) is 6.88. The highest BCUT2D eigenvalue weighted by atomic mass is 32.1. The number of imidazole rings is 1. The molecule has 2 aromatic heterocycles. The van der Waals surface area contributed by atoms with Crippen LogP contribution in [0.25, 0.3) is 0 Å². The quantitative estimate of drug-likeness (QED) is 0.945. The van der Waals surface area contributed by atoms with Crippen molar-refractivity contribution in [1.29, 1.82) is 0 Å². The molecule has 1 atom stereocenters. The maximum atomic E-state index is 12.9. The third kappa shape index (κ3) is 2.94. The van der Waals surface area contributed by atoms with E-state index in [1.165, 1.54) is 4.88 Å². The number of carbonyl (C=O) groups excluding carboxylic acids is 1. The lowest BCUT2D eigenvalue weighted by molar-refractivity contribution is -0.00498. The van der Waals surface area contributed by atoms with E-state index in [0.29, 0.717) is 25.7 Å². The van der Waals surface area contributed by atoms with Crippen LogP contribution in [0.3, 0.4) is 0 Å². The van der Waals surface area contributed by atoms with Crippen molar-refractivity contribution in [2.24, 2.45) is 0 Å². The number of ether oxygens (including phenoxy) is 1. The zero-order valence-corrected chi connectivity index (χ0v) is 13.9. The van der Waals surface area contributed by atoms with E-state index in [2.05, 4.69) is 23.8 Å². The maximum absolute atomic E-state index is 12.9. The minimum atomic E-state index is -0.141. The van der Waals surface area contributed by atoms with Gasteiger partial charge in [-0.15, -0.1) is 11.3 Å². The third-order valence-electron chi connectivity index (χ3n) is 3.86. The Hall–Kier alpha value is -1.66. The van der Waals surface area contributed by atoms with Crippen LogP contribution in [-0.2, 0) is 4.74 Å². The summed E-state index contributed by atoms with van der Waals surface area (Å²) in [6.07, 6.45) is 1.79. The Morgan fingerprint density at radius 2 is 2.36 bits per heavy atom. The summed E-state index contributed by atoms with van der Waals surface area (Å²) in [6, 6.07) is 1.87. The Labute approximate surface area is 134 Å². The normalized spacial score (nSPS) is 18.9. The third-order valence-corrected chi connectivity index (χ3v) is 5.10. The summed E-state index contributed by atoms with van der Waals surface area (Å²) < 4.78 is 5.55. The van der Waals surface area contributed by atoms with E-state index >= 15 is 0 Å². The molecule has 118 valence electrons. The average Bonchev–Trinajstić information content (AvgIpc) is 3.15. The van der Waals surface area contributed by atoms with E-state index in [1.54, 1.807) is 17.5 Å². The molecule has 2 aromatic rings. The number of hydrogen-bond acceptors (Lipinski definition) is 4. The van der Waals surface area contributed by atoms with Crippen molar-refractivity contribution in [3.8, 4) is 0 Å². The maximum Gasteiger partial charge on any atom is 0.255 e. The number of carbonyl (C=O) groups is 1. The Morgan fingerprint density at radius 3 is 3.00 bits per heavy atom. The topological polar surface area (TPSA) is 58.2 Å². The first-order valence-electron chi connectivity index (χ1n) is 7.55. The molecule has 3 heterocycles. The largest absolute Gasteiger partial charge is 0.377 e. The van der Waals surface area contributed by atoms with Crippen LogP contribution in [-0.4, -0.2) is 40.5 Å². The van der Waals surface area contributed by atoms with Gasteiger partial charge in [0.25, 0.3) is 5.91 Å². The van der Waals surface area contributed by atoms with Crippen LogP contribution in [0.15, 0.2) is 17.6 Å². The van der Waals surface area contributed by atoms with Crippen molar-refractivity contribution in [2.75, 3.05) is 19.8 Å². The van der Waals surface area contributed by atoms with Crippen molar-refractivity contribution < 1.29 is 9.53 Å². The Balaban J connectivity index is 1.84. The van der Waals surface area contributed by atoms with Gasteiger partial charge in [-0.25, -0.2) is 4.98 Å². The zero-order valence-electron chi connectivity index (χ0n) is 13.1. The number of H-pyrrole nitrogens is 1. The summed E-state index contributed by atoms with van der Waals surface area (Å²) in [7, 11) is 0. The molecule has 1 fully saturated rings. The van der Waals surface area contributed by atoms with E-state index in [-0.39, 0.29) is 11.9 Å². The number of thiophene rings is 1.